The largest absolute Gasteiger partial charge is 0.428 e. The molecule has 2 aliphatic heterocycles. The lowest BCUT2D eigenvalue weighted by molar-refractivity contribution is -1.41. The molecule has 4 aromatic rings. The molecular formula is C24H12F4NO4+. The van der Waals surface area contributed by atoms with Gasteiger partial charge in [-0.15, -0.1) is 0 Å². The van der Waals surface area contributed by atoms with E-state index in [2.05, 4.69) is 0 Å². The van der Waals surface area contributed by atoms with Crippen molar-refractivity contribution in [3.63, 3.8) is 0 Å². The molecule has 0 amide bonds. The fourth-order valence-electron chi connectivity index (χ4n) is 3.77. The Kier molecular flexibility index (Phi) is 4.05. The molecule has 5 nitrogen and oxygen atoms in total. The van der Waals surface area contributed by atoms with Crippen LogP contribution in [0.25, 0.3) is 22.3 Å². The summed E-state index contributed by atoms with van der Waals surface area (Å²) in [5, 5.41) is -1.63. The first-order valence-electron chi connectivity index (χ1n) is 9.75. The van der Waals surface area contributed by atoms with E-state index in [-0.39, 0.29) is 23.0 Å². The molecule has 9 heteroatoms. The third kappa shape index (κ3) is 3.21. The number of hydrogen-bond acceptors (Lipinski definition) is 4. The number of rotatable bonds is 0. The fraction of sp³-hybridized carbons (Fsp3) is 0. The van der Waals surface area contributed by atoms with Crippen molar-refractivity contribution < 1.29 is 42.0 Å². The normalized spacial score (nSPS) is 14.7. The maximum atomic E-state index is 14.1. The molecule has 2 aliphatic rings. The highest BCUT2D eigenvalue weighted by Gasteiger charge is 2.51. The van der Waals surface area contributed by atoms with Crippen LogP contribution in [0.15, 0.2) is 72.8 Å². The number of hydrogen-bond donors (Lipinski definition) is 0. The van der Waals surface area contributed by atoms with Gasteiger partial charge in [-0.25, -0.2) is 17.6 Å². The maximum absolute atomic E-state index is 14.1. The Morgan fingerprint density at radius 1 is 0.394 bits per heavy atom. The third-order valence-corrected chi connectivity index (χ3v) is 5.20. The standard InChI is InChI=1S/C24H12F4NO4/c25-13-1-5-17-18-6-2-14(26)10-22(18)31-29(30-21(17)9-13)32-23-11-15(27)3-7-19(23)20-8-4-16(28)12-24(20)33-29/h1-12H/q+1. The van der Waals surface area contributed by atoms with Crippen LogP contribution in [-0.4, -0.2) is 5.14 Å². The van der Waals surface area contributed by atoms with Gasteiger partial charge in [-0.3, -0.25) is 0 Å². The molecule has 33 heavy (non-hydrogen) atoms. The van der Waals surface area contributed by atoms with Crippen LogP contribution < -0.4 is 19.4 Å². The quantitative estimate of drug-likeness (QED) is 0.231. The van der Waals surface area contributed by atoms with Gasteiger partial charge in [0.25, 0.3) is 0 Å². The number of benzene rings is 4. The van der Waals surface area contributed by atoms with Gasteiger partial charge in [0, 0.05) is 46.5 Å². The van der Waals surface area contributed by atoms with Crippen molar-refractivity contribution in [3.8, 4) is 45.3 Å². The van der Waals surface area contributed by atoms with E-state index in [4.69, 9.17) is 19.4 Å². The summed E-state index contributed by atoms with van der Waals surface area (Å²) in [6.07, 6.45) is 0. The fourth-order valence-corrected chi connectivity index (χ4v) is 3.77. The van der Waals surface area contributed by atoms with Gasteiger partial charge in [-0.05, 0) is 48.5 Å². The highest BCUT2D eigenvalue weighted by molar-refractivity contribution is 5.77. The van der Waals surface area contributed by atoms with Gasteiger partial charge in [0.05, 0.1) is 0 Å². The van der Waals surface area contributed by atoms with Crippen molar-refractivity contribution >= 4 is 0 Å². The highest BCUT2D eigenvalue weighted by Crippen LogP contribution is 2.47. The lowest BCUT2D eigenvalue weighted by atomic mass is 10.0. The third-order valence-electron chi connectivity index (χ3n) is 5.20. The van der Waals surface area contributed by atoms with E-state index in [0.29, 0.717) is 22.3 Å². The molecular weight excluding hydrogens is 442 g/mol. The van der Waals surface area contributed by atoms with E-state index in [1.807, 2.05) is 0 Å². The zero-order valence-electron chi connectivity index (χ0n) is 16.5. The number of nitrogens with zero attached hydrogens (tertiary/aromatic N) is 1. The van der Waals surface area contributed by atoms with Crippen molar-refractivity contribution in [1.82, 2.24) is 0 Å². The molecule has 0 aromatic heterocycles. The van der Waals surface area contributed by atoms with Gasteiger partial charge in [0.15, 0.2) is 0 Å². The van der Waals surface area contributed by atoms with Crippen LogP contribution in [-0.2, 0) is 0 Å². The lowest BCUT2D eigenvalue weighted by Crippen LogP contribution is -2.58. The highest BCUT2D eigenvalue weighted by atomic mass is 19.1. The molecule has 6 rings (SSSR count). The average Bonchev–Trinajstić information content (AvgIpc) is 2.95. The minimum atomic E-state index is -1.63. The zero-order chi connectivity index (χ0) is 22.7. The van der Waals surface area contributed by atoms with E-state index >= 15 is 0 Å². The van der Waals surface area contributed by atoms with Gasteiger partial charge in [-0.2, -0.15) is 19.4 Å². The van der Waals surface area contributed by atoms with Crippen molar-refractivity contribution in [2.75, 3.05) is 0 Å². The molecule has 164 valence electrons. The van der Waals surface area contributed by atoms with E-state index in [9.17, 15) is 17.6 Å². The van der Waals surface area contributed by atoms with Gasteiger partial charge >= 0.3 is 5.14 Å². The van der Waals surface area contributed by atoms with Crippen molar-refractivity contribution in [3.05, 3.63) is 96.1 Å². The molecule has 2 heterocycles. The first-order chi connectivity index (χ1) is 15.9. The predicted molar refractivity (Wildman–Crippen MR) is 106 cm³/mol. The maximum Gasteiger partial charge on any atom is 0.428 e. The van der Waals surface area contributed by atoms with E-state index in [1.165, 1.54) is 48.5 Å². The van der Waals surface area contributed by atoms with Crippen molar-refractivity contribution in [2.24, 2.45) is 0 Å². The minimum absolute atomic E-state index is 0.0711. The zero-order valence-corrected chi connectivity index (χ0v) is 16.5. The first-order valence-corrected chi connectivity index (χ1v) is 9.75. The molecule has 0 atom stereocenters. The van der Waals surface area contributed by atoms with Gasteiger partial charge < -0.3 is 0 Å². The Labute approximate surface area is 183 Å². The van der Waals surface area contributed by atoms with Gasteiger partial charge in [-0.1, -0.05) is 0 Å². The topological polar surface area (TPSA) is 36.9 Å². The molecule has 0 saturated heterocycles. The van der Waals surface area contributed by atoms with E-state index in [1.54, 1.807) is 0 Å². The summed E-state index contributed by atoms with van der Waals surface area (Å²) >= 11 is 0. The number of halogens is 4. The summed E-state index contributed by atoms with van der Waals surface area (Å²) in [4.78, 5) is 23.3. The van der Waals surface area contributed by atoms with E-state index < -0.39 is 28.4 Å². The molecule has 4 aromatic carbocycles. The molecule has 0 N–H and O–H groups in total. The molecule has 0 fully saturated rings. The van der Waals surface area contributed by atoms with Crippen LogP contribution in [0.5, 0.6) is 23.0 Å². The van der Waals surface area contributed by atoms with Crippen molar-refractivity contribution in [2.45, 2.75) is 0 Å². The second-order valence-corrected chi connectivity index (χ2v) is 7.37. The molecule has 0 radical (unpaired) electrons. The second kappa shape index (κ2) is 6.88. The number of fused-ring (bicyclic) bond motifs is 6. The number of quaternary nitrogens is 1. The summed E-state index contributed by atoms with van der Waals surface area (Å²) in [6.45, 7) is 0. The Bertz CT molecular complexity index is 1220. The molecule has 0 bridgehead atoms. The van der Waals surface area contributed by atoms with E-state index in [0.717, 1.165) is 24.3 Å². The van der Waals surface area contributed by atoms with Gasteiger partial charge in [0.2, 0.25) is 23.0 Å². The van der Waals surface area contributed by atoms with Crippen LogP contribution in [0.3, 0.4) is 0 Å². The molecule has 1 spiro atoms. The lowest BCUT2D eigenvalue weighted by Gasteiger charge is -2.23. The summed E-state index contributed by atoms with van der Waals surface area (Å²) in [5.41, 5.74) is 1.43. The summed E-state index contributed by atoms with van der Waals surface area (Å²) in [7, 11) is 0. The monoisotopic (exact) mass is 454 g/mol. The van der Waals surface area contributed by atoms with Crippen molar-refractivity contribution in [1.29, 1.82) is 0 Å². The van der Waals surface area contributed by atoms with Crippen LogP contribution in [0.1, 0.15) is 0 Å². The predicted octanol–water partition coefficient (Wildman–Crippen LogP) is 6.30. The van der Waals surface area contributed by atoms with Crippen LogP contribution in [0.4, 0.5) is 17.6 Å². The first kappa shape index (κ1) is 19.4. The molecule has 0 saturated carbocycles. The SMILES string of the molecule is Fc1ccc2c(c1)O[N+]1(Oc3cc(F)ccc3-2)Oc2cc(F)ccc2-c2ccc(F)cc2O1. The second-order valence-electron chi connectivity index (χ2n) is 7.37. The Morgan fingerprint density at radius 3 is 0.879 bits per heavy atom. The van der Waals surface area contributed by atoms with Gasteiger partial charge in [0.1, 0.15) is 23.3 Å². The summed E-state index contributed by atoms with van der Waals surface area (Å²) in [5.74, 6) is -2.82. The Morgan fingerprint density at radius 2 is 0.636 bits per heavy atom. The molecule has 0 unspecified atom stereocenters. The molecule has 0 aliphatic carbocycles. The van der Waals surface area contributed by atoms with Crippen LogP contribution in [0.2, 0.25) is 0 Å². The minimum Gasteiger partial charge on any atom is -0.207 e. The Balaban J connectivity index is 1.62. The average molecular weight is 454 g/mol. The van der Waals surface area contributed by atoms with Crippen LogP contribution >= 0.6 is 0 Å². The summed E-state index contributed by atoms with van der Waals surface area (Å²) < 4.78 is 56.5. The Hall–Kier alpha value is -4.24. The summed E-state index contributed by atoms with van der Waals surface area (Å²) in [6, 6.07) is 14.7. The smallest absolute Gasteiger partial charge is 0.207 e. The van der Waals surface area contributed by atoms with Crippen LogP contribution in [0, 0.1) is 23.3 Å².